The minimum absolute atomic E-state index is 0.00553. The number of hydrogen-bond donors (Lipinski definition) is 2. The van der Waals surface area contributed by atoms with Gasteiger partial charge < -0.3 is 25.0 Å². The SMILES string of the molecule is O=C(O)C1=CN2C3C(CCC4CCCCC43)OC3C(NCCN4CCCC4)CCC(C1=O)C32. The van der Waals surface area contributed by atoms with Crippen molar-refractivity contribution in [3.63, 3.8) is 0 Å². The van der Waals surface area contributed by atoms with Gasteiger partial charge >= 0.3 is 5.97 Å². The van der Waals surface area contributed by atoms with Gasteiger partial charge in [-0.3, -0.25) is 4.79 Å². The topological polar surface area (TPSA) is 82.1 Å². The molecule has 0 spiro atoms. The summed E-state index contributed by atoms with van der Waals surface area (Å²) >= 11 is 0. The van der Waals surface area contributed by atoms with E-state index in [-0.39, 0.29) is 47.6 Å². The Bertz CT molecular complexity index is 809. The summed E-state index contributed by atoms with van der Waals surface area (Å²) in [4.78, 5) is 30.1. The lowest BCUT2D eigenvalue weighted by Gasteiger charge is -2.61. The minimum Gasteiger partial charge on any atom is -0.478 e. The molecule has 7 nitrogen and oxygen atoms in total. The number of morpholine rings is 1. The Balaban J connectivity index is 1.28. The van der Waals surface area contributed by atoms with Crippen LogP contribution in [0.25, 0.3) is 0 Å². The minimum atomic E-state index is -1.07. The van der Waals surface area contributed by atoms with Gasteiger partial charge in [-0.15, -0.1) is 0 Å². The van der Waals surface area contributed by atoms with Crippen molar-refractivity contribution in [1.82, 2.24) is 15.1 Å². The van der Waals surface area contributed by atoms with Gasteiger partial charge in [-0.1, -0.05) is 19.3 Å². The van der Waals surface area contributed by atoms with Gasteiger partial charge in [-0.25, -0.2) is 4.79 Å². The van der Waals surface area contributed by atoms with E-state index in [0.717, 1.165) is 38.3 Å². The van der Waals surface area contributed by atoms with E-state index >= 15 is 0 Å². The molecule has 0 aromatic rings. The number of Topliss-reactive ketones (excluding diaryl/α,β-unsaturated/α-hetero) is 1. The molecule has 0 amide bonds. The normalized spacial score (nSPS) is 42.8. The fourth-order valence-electron chi connectivity index (χ4n) is 8.21. The van der Waals surface area contributed by atoms with Crippen LogP contribution in [-0.2, 0) is 14.3 Å². The summed E-state index contributed by atoms with van der Waals surface area (Å²) in [7, 11) is 0. The third-order valence-corrected chi connectivity index (χ3v) is 9.71. The van der Waals surface area contributed by atoms with Crippen molar-refractivity contribution in [2.45, 2.75) is 94.5 Å². The van der Waals surface area contributed by atoms with Crippen LogP contribution in [0.2, 0.25) is 0 Å². The number of carbonyl (C=O) groups excluding carboxylic acids is 1. The molecule has 0 aromatic heterocycles. The number of carboxylic acid groups (broad SMARTS) is 1. The van der Waals surface area contributed by atoms with Crippen LogP contribution in [0.4, 0.5) is 0 Å². The molecule has 0 aromatic carbocycles. The van der Waals surface area contributed by atoms with Crippen LogP contribution in [0.1, 0.15) is 64.2 Å². The van der Waals surface area contributed by atoms with E-state index in [4.69, 9.17) is 4.74 Å². The molecule has 33 heavy (non-hydrogen) atoms. The third-order valence-electron chi connectivity index (χ3n) is 9.71. The van der Waals surface area contributed by atoms with Crippen LogP contribution in [0.15, 0.2) is 11.8 Å². The first-order valence-electron chi connectivity index (χ1n) is 13.5. The van der Waals surface area contributed by atoms with Gasteiger partial charge in [-0.05, 0) is 69.9 Å². The van der Waals surface area contributed by atoms with E-state index in [0.29, 0.717) is 5.92 Å². The van der Waals surface area contributed by atoms with Crippen molar-refractivity contribution in [3.8, 4) is 0 Å². The molecule has 7 heteroatoms. The molecule has 6 aliphatic rings. The lowest BCUT2D eigenvalue weighted by molar-refractivity contribution is -0.207. The summed E-state index contributed by atoms with van der Waals surface area (Å²) in [6.45, 7) is 4.42. The first kappa shape index (κ1) is 22.1. The van der Waals surface area contributed by atoms with Crippen LogP contribution in [-0.4, -0.2) is 83.2 Å². The van der Waals surface area contributed by atoms with Crippen LogP contribution < -0.4 is 5.32 Å². The summed E-state index contributed by atoms with van der Waals surface area (Å²) in [5.74, 6) is -0.229. The predicted molar refractivity (Wildman–Crippen MR) is 124 cm³/mol. The number of aliphatic carboxylic acids is 1. The lowest BCUT2D eigenvalue weighted by Crippen LogP contribution is -2.72. The summed E-state index contributed by atoms with van der Waals surface area (Å²) in [5.41, 5.74) is -0.00553. The number of carboxylic acids is 1. The summed E-state index contributed by atoms with van der Waals surface area (Å²) in [6.07, 6.45) is 13.4. The number of carbonyl (C=O) groups is 2. The molecule has 2 saturated heterocycles. The number of hydrogen-bond acceptors (Lipinski definition) is 6. The second kappa shape index (κ2) is 8.97. The zero-order valence-electron chi connectivity index (χ0n) is 19.7. The van der Waals surface area contributed by atoms with Crippen LogP contribution >= 0.6 is 0 Å². The molecule has 3 aliphatic heterocycles. The molecule has 8 unspecified atom stereocenters. The molecule has 3 heterocycles. The molecular formula is C26H39N3O4. The van der Waals surface area contributed by atoms with Crippen molar-refractivity contribution >= 4 is 11.8 Å². The number of likely N-dealkylation sites (tertiary alicyclic amines) is 1. The Morgan fingerprint density at radius 3 is 2.67 bits per heavy atom. The highest BCUT2D eigenvalue weighted by atomic mass is 16.5. The quantitative estimate of drug-likeness (QED) is 0.614. The maximum Gasteiger partial charge on any atom is 0.340 e. The van der Waals surface area contributed by atoms with Gasteiger partial charge in [0, 0.05) is 31.2 Å². The Morgan fingerprint density at radius 1 is 1.03 bits per heavy atom. The molecule has 6 rings (SSSR count). The number of ketones is 1. The summed E-state index contributed by atoms with van der Waals surface area (Å²) in [5, 5.41) is 13.6. The Labute approximate surface area is 196 Å². The molecule has 0 bridgehead atoms. The first-order chi connectivity index (χ1) is 16.1. The van der Waals surface area contributed by atoms with E-state index in [9.17, 15) is 14.7 Å². The van der Waals surface area contributed by atoms with Crippen molar-refractivity contribution < 1.29 is 19.4 Å². The van der Waals surface area contributed by atoms with E-state index in [1.165, 1.54) is 58.0 Å². The summed E-state index contributed by atoms with van der Waals surface area (Å²) < 4.78 is 6.91. The van der Waals surface area contributed by atoms with Crippen molar-refractivity contribution in [3.05, 3.63) is 11.8 Å². The maximum atomic E-state index is 13.2. The monoisotopic (exact) mass is 457 g/mol. The fourth-order valence-corrected chi connectivity index (χ4v) is 8.21. The van der Waals surface area contributed by atoms with Gasteiger partial charge in [0.2, 0.25) is 0 Å². The lowest BCUT2D eigenvalue weighted by atomic mass is 9.63. The first-order valence-corrected chi connectivity index (χ1v) is 13.5. The third kappa shape index (κ3) is 3.84. The molecule has 0 radical (unpaired) electrons. The zero-order valence-corrected chi connectivity index (χ0v) is 19.7. The highest BCUT2D eigenvalue weighted by molar-refractivity contribution is 6.18. The largest absolute Gasteiger partial charge is 0.478 e. The van der Waals surface area contributed by atoms with Gasteiger partial charge in [0.05, 0.1) is 24.3 Å². The Kier molecular flexibility index (Phi) is 5.99. The second-order valence-electron chi connectivity index (χ2n) is 11.4. The average molecular weight is 458 g/mol. The second-order valence-corrected chi connectivity index (χ2v) is 11.4. The van der Waals surface area contributed by atoms with Gasteiger partial charge in [0.1, 0.15) is 5.57 Å². The fraction of sp³-hybridized carbons (Fsp3) is 0.846. The maximum absolute atomic E-state index is 13.2. The smallest absolute Gasteiger partial charge is 0.340 e. The van der Waals surface area contributed by atoms with Crippen molar-refractivity contribution in [1.29, 1.82) is 0 Å². The molecule has 3 aliphatic carbocycles. The van der Waals surface area contributed by atoms with Gasteiger partial charge in [0.15, 0.2) is 5.78 Å². The van der Waals surface area contributed by atoms with E-state index in [2.05, 4.69) is 15.1 Å². The molecule has 8 atom stereocenters. The standard InChI is InChI=1S/C26H39N3O4/c30-24-18-8-9-20(27-11-14-28-12-3-4-13-28)25-23(18)29(15-19(24)26(31)32)22-17-6-2-1-5-16(17)7-10-21(22)33-25/h15-18,20-23,25,27H,1-14H2,(H,31,32). The Morgan fingerprint density at radius 2 is 1.85 bits per heavy atom. The molecule has 182 valence electrons. The number of fused-ring (bicyclic) bond motifs is 4. The molecule has 2 N–H and O–H groups in total. The average Bonchev–Trinajstić information content (AvgIpc) is 3.34. The van der Waals surface area contributed by atoms with Crippen LogP contribution in [0.3, 0.4) is 0 Å². The molecular weight excluding hydrogens is 418 g/mol. The van der Waals surface area contributed by atoms with Crippen LogP contribution in [0.5, 0.6) is 0 Å². The van der Waals surface area contributed by atoms with Gasteiger partial charge in [0.25, 0.3) is 0 Å². The molecule has 3 saturated carbocycles. The molecule has 5 fully saturated rings. The number of ether oxygens (including phenoxy) is 1. The predicted octanol–water partition coefficient (Wildman–Crippen LogP) is 2.41. The van der Waals surface area contributed by atoms with Gasteiger partial charge in [-0.2, -0.15) is 0 Å². The highest BCUT2D eigenvalue weighted by Gasteiger charge is 2.58. The highest BCUT2D eigenvalue weighted by Crippen LogP contribution is 2.50. The number of rotatable bonds is 5. The van der Waals surface area contributed by atoms with Crippen molar-refractivity contribution in [2.75, 3.05) is 26.2 Å². The number of nitrogens with zero attached hydrogens (tertiary/aromatic N) is 2. The van der Waals surface area contributed by atoms with E-state index in [1.54, 1.807) is 6.20 Å². The zero-order chi connectivity index (χ0) is 22.5. The van der Waals surface area contributed by atoms with Crippen LogP contribution in [0, 0.1) is 17.8 Å². The number of nitrogens with one attached hydrogen (secondary N) is 1. The van der Waals surface area contributed by atoms with Crippen molar-refractivity contribution in [2.24, 2.45) is 17.8 Å². The Hall–Kier alpha value is -1.44. The van der Waals surface area contributed by atoms with E-state index in [1.807, 2.05) is 0 Å². The summed E-state index contributed by atoms with van der Waals surface area (Å²) in [6, 6.07) is 0.424. The van der Waals surface area contributed by atoms with E-state index < -0.39 is 5.97 Å².